The Morgan fingerprint density at radius 1 is 1.00 bits per heavy atom. The molecule has 0 saturated heterocycles. The highest BCUT2D eigenvalue weighted by atomic mass is 79.9. The number of para-hydroxylation sites is 5. The monoisotopic (exact) mass is 496 g/mol. The van der Waals surface area contributed by atoms with Crippen LogP contribution in [-0.2, 0) is 6.54 Å². The summed E-state index contributed by atoms with van der Waals surface area (Å²) < 4.78 is 3.63. The summed E-state index contributed by atoms with van der Waals surface area (Å²) in [5, 5.41) is 0. The van der Waals surface area contributed by atoms with Gasteiger partial charge >= 0.3 is 0 Å². The predicted octanol–water partition coefficient (Wildman–Crippen LogP) is 6.24. The van der Waals surface area contributed by atoms with Crippen molar-refractivity contribution in [3.63, 3.8) is 0 Å². The number of hydrogen-bond donors (Lipinski definition) is 1. The second kappa shape index (κ2) is 7.81. The van der Waals surface area contributed by atoms with E-state index >= 15 is 0 Å². The van der Waals surface area contributed by atoms with Crippen LogP contribution in [-0.4, -0.2) is 9.55 Å². The third-order valence-corrected chi connectivity index (χ3v) is 5.56. The second-order valence-electron chi connectivity index (χ2n) is 6.35. The lowest BCUT2D eigenvalue weighted by Crippen LogP contribution is -2.20. The second-order valence-corrected chi connectivity index (χ2v) is 7.98. The number of halogens is 2. The molecule has 6 heteroatoms. The lowest BCUT2D eigenvalue weighted by molar-refractivity contribution is 0.929. The van der Waals surface area contributed by atoms with Crippen molar-refractivity contribution in [3.05, 3.63) is 94.3 Å². The molecular weight excluding hydrogens is 480 g/mol. The van der Waals surface area contributed by atoms with Crippen molar-refractivity contribution >= 4 is 54.3 Å². The highest BCUT2D eigenvalue weighted by Gasteiger charge is 2.17. The summed E-state index contributed by atoms with van der Waals surface area (Å²) in [4.78, 5) is 6.69. The van der Waals surface area contributed by atoms with Crippen LogP contribution in [0, 0.1) is 0 Å². The number of nitrogens with zero attached hydrogens (tertiary/aromatic N) is 3. The highest BCUT2D eigenvalue weighted by molar-refractivity contribution is 9.11. The quantitative estimate of drug-likeness (QED) is 0.262. The molecule has 4 nitrogen and oxygen atoms in total. The topological polar surface area (TPSA) is 47.1 Å². The zero-order valence-corrected chi connectivity index (χ0v) is 18.2. The zero-order valence-electron chi connectivity index (χ0n) is 15.0. The van der Waals surface area contributed by atoms with Gasteiger partial charge in [0.05, 0.1) is 39.2 Å². The molecule has 3 aromatic carbocycles. The van der Waals surface area contributed by atoms with Gasteiger partial charge in [-0.1, -0.05) is 49.0 Å². The van der Waals surface area contributed by atoms with E-state index in [0.717, 1.165) is 37.3 Å². The van der Waals surface area contributed by atoms with Crippen LogP contribution in [0.4, 0.5) is 11.4 Å². The van der Waals surface area contributed by atoms with Crippen LogP contribution in [0.1, 0.15) is 5.56 Å². The summed E-state index contributed by atoms with van der Waals surface area (Å²) in [6.45, 7) is 4.69. The normalized spacial score (nSPS) is 10.9. The minimum Gasteiger partial charge on any atom is -0.397 e. The van der Waals surface area contributed by atoms with E-state index in [2.05, 4.69) is 71.1 Å². The molecule has 4 aromatic rings. The number of nitrogen functional groups attached to an aromatic ring is 1. The Labute approximate surface area is 180 Å². The summed E-state index contributed by atoms with van der Waals surface area (Å²) in [6, 6.07) is 24.2. The van der Waals surface area contributed by atoms with Crippen LogP contribution >= 0.6 is 31.9 Å². The lowest BCUT2D eigenvalue weighted by atomic mass is 10.1. The van der Waals surface area contributed by atoms with Crippen LogP contribution in [0.25, 0.3) is 16.7 Å². The van der Waals surface area contributed by atoms with Crippen LogP contribution < -0.4 is 10.6 Å². The molecule has 0 bridgehead atoms. The van der Waals surface area contributed by atoms with E-state index in [0.29, 0.717) is 12.2 Å². The van der Waals surface area contributed by atoms with Crippen molar-refractivity contribution in [2.24, 2.45) is 0 Å². The van der Waals surface area contributed by atoms with Gasteiger partial charge in [-0.05, 0) is 67.8 Å². The Morgan fingerprint density at radius 2 is 1.68 bits per heavy atom. The number of hydrogen-bond acceptors (Lipinski definition) is 3. The number of benzene rings is 3. The molecule has 4 rings (SSSR count). The standard InChI is InChI=1S/C22H18Br2N4/c1-15(23)27(20-12-6-3-9-17(20)25)14-16-8-2-5-11-19(16)28-21-13-7-4-10-18(21)26-22(28)24/h2-13H,1,14,25H2. The van der Waals surface area contributed by atoms with Crippen molar-refractivity contribution in [1.82, 2.24) is 9.55 Å². The van der Waals surface area contributed by atoms with E-state index in [-0.39, 0.29) is 0 Å². The fraction of sp³-hybridized carbons (Fsp3) is 0.0455. The van der Waals surface area contributed by atoms with E-state index in [1.54, 1.807) is 0 Å². The average Bonchev–Trinajstić information content (AvgIpc) is 3.02. The molecule has 0 fully saturated rings. The molecule has 0 aliphatic carbocycles. The summed E-state index contributed by atoms with van der Waals surface area (Å²) in [6.07, 6.45) is 0. The number of fused-ring (bicyclic) bond motifs is 1. The summed E-state index contributed by atoms with van der Waals surface area (Å²) in [7, 11) is 0. The summed E-state index contributed by atoms with van der Waals surface area (Å²) in [5.41, 5.74) is 12.0. The highest BCUT2D eigenvalue weighted by Crippen LogP contribution is 2.32. The zero-order chi connectivity index (χ0) is 19.7. The first kappa shape index (κ1) is 18.8. The third kappa shape index (κ3) is 3.45. The van der Waals surface area contributed by atoms with Crippen molar-refractivity contribution in [2.45, 2.75) is 6.54 Å². The number of nitrogens with two attached hydrogens (primary N) is 1. The van der Waals surface area contributed by atoms with Crippen molar-refractivity contribution in [1.29, 1.82) is 0 Å². The first-order chi connectivity index (χ1) is 13.6. The number of anilines is 2. The van der Waals surface area contributed by atoms with Crippen molar-refractivity contribution in [3.8, 4) is 5.69 Å². The van der Waals surface area contributed by atoms with Gasteiger partial charge in [0.2, 0.25) is 0 Å². The van der Waals surface area contributed by atoms with Gasteiger partial charge in [-0.25, -0.2) is 4.98 Å². The first-order valence-electron chi connectivity index (χ1n) is 8.74. The van der Waals surface area contributed by atoms with E-state index in [4.69, 9.17) is 5.73 Å². The number of rotatable bonds is 5. The molecule has 0 atom stereocenters. The SMILES string of the molecule is C=C(Br)N(Cc1ccccc1-n1c(Br)nc2ccccc21)c1ccccc1N. The van der Waals surface area contributed by atoms with Gasteiger partial charge in [0.25, 0.3) is 0 Å². The maximum Gasteiger partial charge on any atom is 0.182 e. The average molecular weight is 498 g/mol. The molecule has 28 heavy (non-hydrogen) atoms. The molecule has 0 aliphatic rings. The van der Waals surface area contributed by atoms with Crippen molar-refractivity contribution in [2.75, 3.05) is 10.6 Å². The fourth-order valence-corrected chi connectivity index (χ4v) is 4.18. The van der Waals surface area contributed by atoms with Gasteiger partial charge in [0.1, 0.15) is 0 Å². The molecule has 0 unspecified atom stereocenters. The van der Waals surface area contributed by atoms with Gasteiger partial charge in [-0.2, -0.15) is 0 Å². The van der Waals surface area contributed by atoms with Crippen LogP contribution in [0.5, 0.6) is 0 Å². The molecule has 0 saturated carbocycles. The molecule has 0 amide bonds. The van der Waals surface area contributed by atoms with E-state index in [1.165, 1.54) is 0 Å². The maximum absolute atomic E-state index is 6.22. The largest absolute Gasteiger partial charge is 0.397 e. The molecule has 140 valence electrons. The van der Waals surface area contributed by atoms with E-state index in [1.807, 2.05) is 54.6 Å². The Kier molecular flexibility index (Phi) is 5.24. The van der Waals surface area contributed by atoms with Crippen LogP contribution in [0.15, 0.2) is 88.7 Å². The first-order valence-corrected chi connectivity index (χ1v) is 10.3. The smallest absolute Gasteiger partial charge is 0.182 e. The van der Waals surface area contributed by atoms with Gasteiger partial charge in [0.15, 0.2) is 4.73 Å². The fourth-order valence-electron chi connectivity index (χ4n) is 3.29. The summed E-state index contributed by atoms with van der Waals surface area (Å²) in [5.74, 6) is 0. The van der Waals surface area contributed by atoms with E-state index < -0.39 is 0 Å². The summed E-state index contributed by atoms with van der Waals surface area (Å²) >= 11 is 7.17. The lowest BCUT2D eigenvalue weighted by Gasteiger charge is -2.26. The molecule has 0 radical (unpaired) electrons. The molecule has 0 spiro atoms. The predicted molar refractivity (Wildman–Crippen MR) is 124 cm³/mol. The van der Waals surface area contributed by atoms with Crippen LogP contribution in [0.2, 0.25) is 0 Å². The minimum absolute atomic E-state index is 0.605. The Hall–Kier alpha value is -2.57. The molecule has 2 N–H and O–H groups in total. The Morgan fingerprint density at radius 3 is 2.46 bits per heavy atom. The van der Waals surface area contributed by atoms with Crippen LogP contribution in [0.3, 0.4) is 0 Å². The Balaban J connectivity index is 1.83. The van der Waals surface area contributed by atoms with Gasteiger partial charge < -0.3 is 10.6 Å². The minimum atomic E-state index is 0.605. The molecule has 0 aliphatic heterocycles. The van der Waals surface area contributed by atoms with E-state index in [9.17, 15) is 0 Å². The van der Waals surface area contributed by atoms with Crippen molar-refractivity contribution < 1.29 is 0 Å². The van der Waals surface area contributed by atoms with Gasteiger partial charge in [-0.15, -0.1) is 0 Å². The third-order valence-electron chi connectivity index (χ3n) is 4.60. The number of aromatic nitrogens is 2. The molecule has 1 aromatic heterocycles. The molecule has 1 heterocycles. The number of imidazole rings is 1. The molecular formula is C22H18Br2N4. The van der Waals surface area contributed by atoms with Gasteiger partial charge in [0, 0.05) is 0 Å². The maximum atomic E-state index is 6.22. The Bertz CT molecular complexity index is 1170. The van der Waals surface area contributed by atoms with Gasteiger partial charge in [-0.3, -0.25) is 4.57 Å².